The number of hydrogen-bond acceptors (Lipinski definition) is 8. The largest absolute Gasteiger partial charge is 0.457 e. The summed E-state index contributed by atoms with van der Waals surface area (Å²) >= 11 is 0. The third-order valence-corrected chi connectivity index (χ3v) is 9.66. The van der Waals surface area contributed by atoms with Gasteiger partial charge in [0.25, 0.3) is 11.8 Å². The number of carbonyl (C=O) groups excluding carboxylic acids is 4. The van der Waals surface area contributed by atoms with Crippen LogP contribution in [-0.4, -0.2) is 59.7 Å². The van der Waals surface area contributed by atoms with Gasteiger partial charge in [-0.2, -0.15) is 0 Å². The number of nitrogens with two attached hydrogens (primary N) is 2. The average Bonchev–Trinajstić information content (AvgIpc) is 3.22. The van der Waals surface area contributed by atoms with Crippen LogP contribution in [0.1, 0.15) is 132 Å². The van der Waals surface area contributed by atoms with Crippen molar-refractivity contribution in [2.75, 3.05) is 37.6 Å². The Bertz CT molecular complexity index is 1750. The van der Waals surface area contributed by atoms with Crippen LogP contribution in [-0.2, 0) is 22.7 Å². The van der Waals surface area contributed by atoms with Gasteiger partial charge >= 0.3 is 11.9 Å². The van der Waals surface area contributed by atoms with Gasteiger partial charge < -0.3 is 30.7 Å². The van der Waals surface area contributed by atoms with Crippen molar-refractivity contribution in [1.29, 1.82) is 0 Å². The van der Waals surface area contributed by atoms with Gasteiger partial charge in [0.15, 0.2) is 0 Å². The van der Waals surface area contributed by atoms with Gasteiger partial charge in [0.2, 0.25) is 0 Å². The Morgan fingerprint density at radius 1 is 0.482 bits per heavy atom. The van der Waals surface area contributed by atoms with E-state index in [9.17, 15) is 19.2 Å². The maximum absolute atomic E-state index is 13.6. The number of hydrogen-bond donors (Lipinski definition) is 2. The molecule has 0 aromatic heterocycles. The molecule has 0 unspecified atom stereocenters. The maximum Gasteiger partial charge on any atom is 0.339 e. The second-order valence-corrected chi connectivity index (χ2v) is 14.2. The molecule has 0 heterocycles. The van der Waals surface area contributed by atoms with Crippen molar-refractivity contribution in [3.8, 4) is 11.1 Å². The van der Waals surface area contributed by atoms with Crippen molar-refractivity contribution in [2.45, 2.75) is 92.3 Å². The van der Waals surface area contributed by atoms with Gasteiger partial charge in [0.05, 0.1) is 11.1 Å². The van der Waals surface area contributed by atoms with Crippen LogP contribution in [0.4, 0.5) is 11.4 Å². The summed E-state index contributed by atoms with van der Waals surface area (Å²) < 4.78 is 11.5. The first-order valence-electron chi connectivity index (χ1n) is 20.0. The molecule has 0 aliphatic carbocycles. The molecular weight excluding hydrogens is 705 g/mol. The Morgan fingerprint density at radius 2 is 0.804 bits per heavy atom. The number of nitrogen functional groups attached to an aromatic ring is 2. The van der Waals surface area contributed by atoms with Crippen LogP contribution in [0.15, 0.2) is 84.9 Å². The lowest BCUT2D eigenvalue weighted by atomic mass is 9.94. The predicted octanol–water partition coefficient (Wildman–Crippen LogP) is 9.32. The fourth-order valence-corrected chi connectivity index (χ4v) is 6.26. The van der Waals surface area contributed by atoms with E-state index in [1.54, 1.807) is 72.8 Å². The zero-order valence-electron chi connectivity index (χ0n) is 33.5. The number of unbranched alkanes of at least 4 members (excludes halogenated alkanes) is 4. The van der Waals surface area contributed by atoms with Gasteiger partial charge in [0, 0.05) is 48.7 Å². The highest BCUT2D eigenvalue weighted by atomic mass is 16.5. The van der Waals surface area contributed by atoms with E-state index in [0.29, 0.717) is 44.8 Å². The SMILES string of the molecule is CCCCN(CCCC)C(=O)c1ccc(COC(=O)c2cc(N)ccc2-c2ccc(N)cc2C(=O)OCc2ccc(C(=O)N(CCCC)CCCC)cc2)cc1. The molecule has 0 radical (unpaired) electrons. The van der Waals surface area contributed by atoms with E-state index < -0.39 is 11.9 Å². The van der Waals surface area contributed by atoms with Crippen LogP contribution in [0.2, 0.25) is 0 Å². The van der Waals surface area contributed by atoms with Gasteiger partial charge in [-0.05, 0) is 96.5 Å². The summed E-state index contributed by atoms with van der Waals surface area (Å²) in [6.07, 6.45) is 7.84. The molecule has 56 heavy (non-hydrogen) atoms. The smallest absolute Gasteiger partial charge is 0.339 e. The van der Waals surface area contributed by atoms with E-state index in [-0.39, 0.29) is 36.2 Å². The summed E-state index contributed by atoms with van der Waals surface area (Å²) in [7, 11) is 0. The van der Waals surface area contributed by atoms with Crippen LogP contribution < -0.4 is 11.5 Å². The molecule has 0 fully saturated rings. The quantitative estimate of drug-likeness (QED) is 0.0631. The fraction of sp³-hybridized carbons (Fsp3) is 0.391. The number of anilines is 2. The standard InChI is InChI=1S/C46H58N4O6/c1-5-9-25-49(26-10-6-2)43(51)35-17-13-33(14-18-35)31-55-45(53)41-29-37(47)21-23-39(41)40-24-22-38(48)30-42(40)46(54)56-32-34-15-19-36(20-16-34)44(52)50(27-11-7-3)28-12-8-4/h13-24,29-30H,5-12,25-28,31-32,47-48H2,1-4H3. The Morgan fingerprint density at radius 3 is 1.11 bits per heavy atom. The predicted molar refractivity (Wildman–Crippen MR) is 223 cm³/mol. The van der Waals surface area contributed by atoms with Crippen molar-refractivity contribution >= 4 is 35.1 Å². The normalized spacial score (nSPS) is 10.9. The zero-order chi connectivity index (χ0) is 40.5. The molecule has 4 rings (SSSR count). The molecule has 4 N–H and O–H groups in total. The molecule has 10 nitrogen and oxygen atoms in total. The number of ether oxygens (including phenoxy) is 2. The van der Waals surface area contributed by atoms with Crippen LogP contribution in [0.3, 0.4) is 0 Å². The molecule has 4 aromatic carbocycles. The van der Waals surface area contributed by atoms with Crippen molar-refractivity contribution in [3.63, 3.8) is 0 Å². The van der Waals surface area contributed by atoms with E-state index in [4.69, 9.17) is 20.9 Å². The minimum atomic E-state index is -0.633. The molecule has 0 spiro atoms. The summed E-state index contributed by atoms with van der Waals surface area (Å²) in [4.78, 5) is 57.4. The summed E-state index contributed by atoms with van der Waals surface area (Å²) in [6.45, 7) is 11.3. The number of amides is 2. The Kier molecular flexibility index (Phi) is 17.0. The van der Waals surface area contributed by atoms with Gasteiger partial charge in [-0.1, -0.05) is 89.8 Å². The maximum atomic E-state index is 13.6. The molecular formula is C46H58N4O6. The molecule has 4 aromatic rings. The summed E-state index contributed by atoms with van der Waals surface area (Å²) in [5.74, 6) is -1.28. The zero-order valence-corrected chi connectivity index (χ0v) is 33.5. The van der Waals surface area contributed by atoms with Crippen LogP contribution in [0.25, 0.3) is 11.1 Å². The first-order valence-corrected chi connectivity index (χ1v) is 20.0. The molecule has 2 amide bonds. The topological polar surface area (TPSA) is 145 Å². The average molecular weight is 763 g/mol. The summed E-state index contributed by atoms with van der Waals surface area (Å²) in [6, 6.07) is 23.8. The molecule has 0 saturated heterocycles. The molecule has 0 bridgehead atoms. The highest BCUT2D eigenvalue weighted by molar-refractivity contribution is 6.04. The molecule has 0 aliphatic rings. The molecule has 10 heteroatoms. The molecule has 298 valence electrons. The van der Waals surface area contributed by atoms with Gasteiger partial charge in [-0.3, -0.25) is 9.59 Å². The van der Waals surface area contributed by atoms with Gasteiger partial charge in [-0.15, -0.1) is 0 Å². The van der Waals surface area contributed by atoms with E-state index in [0.717, 1.165) is 77.5 Å². The number of nitrogens with zero attached hydrogens (tertiary/aromatic N) is 2. The lowest BCUT2D eigenvalue weighted by Gasteiger charge is -2.22. The Balaban J connectivity index is 1.46. The molecule has 0 atom stereocenters. The molecule has 0 aliphatic heterocycles. The van der Waals surface area contributed by atoms with E-state index in [1.165, 1.54) is 12.1 Å². The minimum absolute atomic E-state index is 0.00513. The lowest BCUT2D eigenvalue weighted by Crippen LogP contribution is -2.32. The van der Waals surface area contributed by atoms with Crippen LogP contribution >= 0.6 is 0 Å². The fourth-order valence-electron chi connectivity index (χ4n) is 6.26. The summed E-state index contributed by atoms with van der Waals surface area (Å²) in [5, 5.41) is 0. The number of benzene rings is 4. The van der Waals surface area contributed by atoms with E-state index in [2.05, 4.69) is 27.7 Å². The molecule has 0 saturated carbocycles. The number of rotatable bonds is 21. The van der Waals surface area contributed by atoms with Gasteiger partial charge in [-0.25, -0.2) is 9.59 Å². The third-order valence-electron chi connectivity index (χ3n) is 9.66. The highest BCUT2D eigenvalue weighted by Gasteiger charge is 2.22. The van der Waals surface area contributed by atoms with Crippen molar-refractivity contribution < 1.29 is 28.7 Å². The highest BCUT2D eigenvalue weighted by Crippen LogP contribution is 2.32. The van der Waals surface area contributed by atoms with Gasteiger partial charge in [0.1, 0.15) is 13.2 Å². The number of esters is 2. The first-order chi connectivity index (χ1) is 27.1. The third kappa shape index (κ3) is 12.2. The minimum Gasteiger partial charge on any atom is -0.457 e. The Labute approximate surface area is 332 Å². The van der Waals surface area contributed by atoms with E-state index in [1.807, 2.05) is 9.80 Å². The monoisotopic (exact) mass is 762 g/mol. The van der Waals surface area contributed by atoms with Crippen molar-refractivity contribution in [3.05, 3.63) is 118 Å². The number of carbonyl (C=O) groups is 4. The summed E-state index contributed by atoms with van der Waals surface area (Å²) in [5.41, 5.74) is 16.7. The van der Waals surface area contributed by atoms with E-state index >= 15 is 0 Å². The Hall–Kier alpha value is -5.64. The lowest BCUT2D eigenvalue weighted by molar-refractivity contribution is 0.0462. The van der Waals surface area contributed by atoms with Crippen LogP contribution in [0.5, 0.6) is 0 Å². The van der Waals surface area contributed by atoms with Crippen molar-refractivity contribution in [2.24, 2.45) is 0 Å². The first kappa shape index (κ1) is 43.1. The second kappa shape index (κ2) is 22.0. The van der Waals surface area contributed by atoms with Crippen LogP contribution in [0, 0.1) is 0 Å². The van der Waals surface area contributed by atoms with Crippen molar-refractivity contribution in [1.82, 2.24) is 9.80 Å². The second-order valence-electron chi connectivity index (χ2n) is 14.2.